The van der Waals surface area contributed by atoms with Gasteiger partial charge in [-0.05, 0) is 35.7 Å². The molecule has 0 N–H and O–H groups in total. The van der Waals surface area contributed by atoms with Crippen molar-refractivity contribution in [2.45, 2.75) is 0 Å². The minimum Gasteiger partial charge on any atom is -0.328 e. The van der Waals surface area contributed by atoms with Crippen LogP contribution < -0.4 is 4.84 Å². The second-order valence-corrected chi connectivity index (χ2v) is 5.62. The van der Waals surface area contributed by atoms with E-state index in [1.165, 1.54) is 16.1 Å². The van der Waals surface area contributed by atoms with E-state index in [-0.39, 0.29) is 0 Å². The number of hydrogen-bond acceptors (Lipinski definition) is 6. The third-order valence-corrected chi connectivity index (χ3v) is 4.06. The number of rotatable bonds is 3. The molecule has 0 bridgehead atoms. The van der Waals surface area contributed by atoms with Crippen molar-refractivity contribution in [2.75, 3.05) is 0 Å². The van der Waals surface area contributed by atoms with Crippen LogP contribution in [0.1, 0.15) is 9.67 Å². The molecule has 23 heavy (non-hydrogen) atoms. The summed E-state index contributed by atoms with van der Waals surface area (Å²) in [6.45, 7) is 0. The van der Waals surface area contributed by atoms with Gasteiger partial charge in [-0.25, -0.2) is 14.8 Å². The van der Waals surface area contributed by atoms with Crippen molar-refractivity contribution < 1.29 is 9.63 Å². The maximum Gasteiger partial charge on any atom is 0.373 e. The molecule has 0 radical (unpaired) electrons. The van der Waals surface area contributed by atoms with Crippen LogP contribution in [0.4, 0.5) is 0 Å². The topological polar surface area (TPSA) is 69.9 Å². The molecule has 0 aromatic carbocycles. The zero-order chi connectivity index (χ0) is 15.6. The van der Waals surface area contributed by atoms with Gasteiger partial charge in [-0.2, -0.15) is 4.73 Å². The highest BCUT2D eigenvalue weighted by molar-refractivity contribution is 7.11. The van der Waals surface area contributed by atoms with Crippen molar-refractivity contribution in [3.8, 4) is 11.4 Å². The van der Waals surface area contributed by atoms with Crippen molar-refractivity contribution in [1.29, 1.82) is 0 Å². The van der Waals surface area contributed by atoms with E-state index in [2.05, 4.69) is 15.0 Å². The monoisotopic (exact) mass is 322 g/mol. The summed E-state index contributed by atoms with van der Waals surface area (Å²) in [6.07, 6.45) is 4.98. The summed E-state index contributed by atoms with van der Waals surface area (Å²) < 4.78 is 1.40. The average Bonchev–Trinajstić information content (AvgIpc) is 3.24. The normalized spacial score (nSPS) is 10.8. The van der Waals surface area contributed by atoms with Crippen LogP contribution in [0.5, 0.6) is 0 Å². The fourth-order valence-corrected chi connectivity index (χ4v) is 2.78. The van der Waals surface area contributed by atoms with Crippen molar-refractivity contribution >= 4 is 28.5 Å². The Morgan fingerprint density at radius 1 is 1.13 bits per heavy atom. The van der Waals surface area contributed by atoms with E-state index in [0.29, 0.717) is 21.9 Å². The van der Waals surface area contributed by atoms with Crippen LogP contribution in [-0.2, 0) is 0 Å². The summed E-state index contributed by atoms with van der Waals surface area (Å²) in [5, 5.41) is 1.83. The predicted molar refractivity (Wildman–Crippen MR) is 86.0 cm³/mol. The molecule has 4 aromatic rings. The molecule has 0 fully saturated rings. The molecule has 0 atom stereocenters. The molecule has 0 aliphatic rings. The van der Waals surface area contributed by atoms with Gasteiger partial charge in [0.2, 0.25) is 0 Å². The summed E-state index contributed by atoms with van der Waals surface area (Å²) in [7, 11) is 0. The molecule has 0 saturated carbocycles. The fraction of sp³-hybridized carbons (Fsp3) is 0. The Kier molecular flexibility index (Phi) is 3.32. The van der Waals surface area contributed by atoms with Crippen LogP contribution >= 0.6 is 11.3 Å². The second kappa shape index (κ2) is 5.62. The molecule has 7 heteroatoms. The number of pyridine rings is 2. The van der Waals surface area contributed by atoms with Gasteiger partial charge in [-0.1, -0.05) is 6.07 Å². The number of carbonyl (C=O) groups excluding carboxylic acids is 1. The van der Waals surface area contributed by atoms with Gasteiger partial charge in [0, 0.05) is 24.2 Å². The van der Waals surface area contributed by atoms with Crippen molar-refractivity contribution in [3.05, 3.63) is 65.2 Å². The Balaban J connectivity index is 1.85. The SMILES string of the molecule is O=C(On1c(-c2cccnc2)nc2ncccc21)c1cccs1. The molecule has 0 unspecified atom stereocenters. The average molecular weight is 322 g/mol. The van der Waals surface area contributed by atoms with Gasteiger partial charge in [0.25, 0.3) is 0 Å². The zero-order valence-corrected chi connectivity index (χ0v) is 12.6. The van der Waals surface area contributed by atoms with Crippen molar-refractivity contribution in [2.24, 2.45) is 0 Å². The van der Waals surface area contributed by atoms with E-state index < -0.39 is 5.97 Å². The molecule has 4 rings (SSSR count). The third kappa shape index (κ3) is 2.47. The summed E-state index contributed by atoms with van der Waals surface area (Å²) in [6, 6.07) is 10.7. The molecule has 4 heterocycles. The molecular weight excluding hydrogens is 312 g/mol. The highest BCUT2D eigenvalue weighted by Crippen LogP contribution is 2.22. The molecule has 4 aromatic heterocycles. The lowest BCUT2D eigenvalue weighted by atomic mass is 10.3. The zero-order valence-electron chi connectivity index (χ0n) is 11.8. The number of nitrogens with zero attached hydrogens (tertiary/aromatic N) is 4. The van der Waals surface area contributed by atoms with Crippen LogP contribution in [0, 0.1) is 0 Å². The summed E-state index contributed by atoms with van der Waals surface area (Å²) in [4.78, 5) is 31.1. The van der Waals surface area contributed by atoms with Crippen LogP contribution in [-0.4, -0.2) is 25.7 Å². The van der Waals surface area contributed by atoms with E-state index in [4.69, 9.17) is 4.84 Å². The largest absolute Gasteiger partial charge is 0.373 e. The van der Waals surface area contributed by atoms with Gasteiger partial charge in [0.1, 0.15) is 10.4 Å². The standard InChI is InChI=1S/C16H10N4O2S/c21-16(13-6-3-9-23-13)22-20-12-5-2-8-18-14(12)19-15(20)11-4-1-7-17-10-11/h1-10H. The van der Waals surface area contributed by atoms with Crippen molar-refractivity contribution in [1.82, 2.24) is 19.7 Å². The lowest BCUT2D eigenvalue weighted by molar-refractivity contribution is 0.0493. The number of thiophene rings is 1. The molecule has 0 aliphatic heterocycles. The smallest absolute Gasteiger partial charge is 0.328 e. The predicted octanol–water partition coefficient (Wildman–Crippen LogP) is 2.82. The van der Waals surface area contributed by atoms with E-state index in [0.717, 1.165) is 5.56 Å². The summed E-state index contributed by atoms with van der Waals surface area (Å²) >= 11 is 1.32. The minimum atomic E-state index is -0.437. The Morgan fingerprint density at radius 3 is 2.83 bits per heavy atom. The first kappa shape index (κ1) is 13.6. The molecule has 0 aliphatic carbocycles. The summed E-state index contributed by atoms with van der Waals surface area (Å²) in [5.74, 6) is 0.0463. The number of hydrogen-bond donors (Lipinski definition) is 0. The second-order valence-electron chi connectivity index (χ2n) is 4.67. The van der Waals surface area contributed by atoms with Gasteiger partial charge in [-0.3, -0.25) is 4.98 Å². The van der Waals surface area contributed by atoms with Gasteiger partial charge in [0.15, 0.2) is 11.5 Å². The first-order valence-corrected chi connectivity index (χ1v) is 7.71. The van der Waals surface area contributed by atoms with E-state index in [1.807, 2.05) is 11.4 Å². The van der Waals surface area contributed by atoms with Crippen LogP contribution in [0.2, 0.25) is 0 Å². The first-order chi connectivity index (χ1) is 11.3. The maximum absolute atomic E-state index is 12.3. The lowest BCUT2D eigenvalue weighted by Crippen LogP contribution is -2.19. The molecule has 6 nitrogen and oxygen atoms in total. The molecule has 0 amide bonds. The molecular formula is C16H10N4O2S. The van der Waals surface area contributed by atoms with E-state index in [9.17, 15) is 4.79 Å². The Hall–Kier alpha value is -3.06. The van der Waals surface area contributed by atoms with E-state index in [1.54, 1.807) is 48.9 Å². The summed E-state index contributed by atoms with van der Waals surface area (Å²) in [5.41, 5.74) is 1.87. The Labute approximate surface area is 135 Å². The number of carbonyl (C=O) groups is 1. The van der Waals surface area contributed by atoms with Crippen LogP contribution in [0.15, 0.2) is 60.4 Å². The minimum absolute atomic E-state index is 0.437. The number of imidazole rings is 1. The van der Waals surface area contributed by atoms with Gasteiger partial charge in [-0.15, -0.1) is 11.3 Å². The number of aromatic nitrogens is 4. The van der Waals surface area contributed by atoms with Gasteiger partial charge < -0.3 is 4.84 Å². The molecule has 0 saturated heterocycles. The third-order valence-electron chi connectivity index (χ3n) is 3.21. The highest BCUT2D eigenvalue weighted by atomic mass is 32.1. The Bertz CT molecular complexity index is 964. The number of fused-ring (bicyclic) bond motifs is 1. The first-order valence-electron chi connectivity index (χ1n) is 6.83. The fourth-order valence-electron chi connectivity index (χ4n) is 2.18. The van der Waals surface area contributed by atoms with Gasteiger partial charge >= 0.3 is 5.97 Å². The van der Waals surface area contributed by atoms with E-state index >= 15 is 0 Å². The quantitative estimate of drug-likeness (QED) is 0.580. The van der Waals surface area contributed by atoms with Crippen molar-refractivity contribution in [3.63, 3.8) is 0 Å². The van der Waals surface area contributed by atoms with Crippen LogP contribution in [0.25, 0.3) is 22.6 Å². The Morgan fingerprint density at radius 2 is 2.04 bits per heavy atom. The maximum atomic E-state index is 12.3. The highest BCUT2D eigenvalue weighted by Gasteiger charge is 2.18. The molecule has 0 spiro atoms. The lowest BCUT2D eigenvalue weighted by Gasteiger charge is -2.07. The van der Waals surface area contributed by atoms with Gasteiger partial charge in [0.05, 0.1) is 0 Å². The van der Waals surface area contributed by atoms with Crippen LogP contribution in [0.3, 0.4) is 0 Å². The molecule has 112 valence electrons.